The standard InChI is InChI=1S/C15H15BrN2O3/c1-10-6-11(2)15(13(16)7-10)21-9-14(19)18-17-8-12-4-3-5-20-12/h3-8H,9H2,1-2H3,(H,18,19)/b17-8-. The highest BCUT2D eigenvalue weighted by molar-refractivity contribution is 9.10. The summed E-state index contributed by atoms with van der Waals surface area (Å²) in [6.45, 7) is 3.82. The summed E-state index contributed by atoms with van der Waals surface area (Å²) in [5.74, 6) is 0.879. The molecule has 0 bridgehead atoms. The number of carbonyl (C=O) groups is 1. The molecule has 6 heteroatoms. The predicted octanol–water partition coefficient (Wildman–Crippen LogP) is 3.19. The molecule has 110 valence electrons. The molecule has 2 rings (SSSR count). The molecule has 0 aliphatic heterocycles. The molecule has 5 nitrogen and oxygen atoms in total. The lowest BCUT2D eigenvalue weighted by molar-refractivity contribution is -0.123. The van der Waals surface area contributed by atoms with Crippen LogP contribution in [0.5, 0.6) is 5.75 Å². The van der Waals surface area contributed by atoms with Gasteiger partial charge >= 0.3 is 0 Å². The molecule has 0 aliphatic rings. The molecule has 21 heavy (non-hydrogen) atoms. The summed E-state index contributed by atoms with van der Waals surface area (Å²) in [5, 5.41) is 3.77. The summed E-state index contributed by atoms with van der Waals surface area (Å²) in [7, 11) is 0. The van der Waals surface area contributed by atoms with Gasteiger partial charge in [-0.1, -0.05) is 6.07 Å². The topological polar surface area (TPSA) is 63.8 Å². The van der Waals surface area contributed by atoms with Crippen LogP contribution in [0.25, 0.3) is 0 Å². The molecule has 0 saturated carbocycles. The van der Waals surface area contributed by atoms with Gasteiger partial charge in [-0.2, -0.15) is 5.10 Å². The van der Waals surface area contributed by atoms with Gasteiger partial charge in [0, 0.05) is 0 Å². The molecule has 1 N–H and O–H groups in total. The highest BCUT2D eigenvalue weighted by atomic mass is 79.9. The average molecular weight is 351 g/mol. The second kappa shape index (κ2) is 7.08. The van der Waals surface area contributed by atoms with E-state index in [1.807, 2.05) is 26.0 Å². The maximum atomic E-state index is 11.6. The molecule has 0 saturated heterocycles. The van der Waals surface area contributed by atoms with Crippen LogP contribution in [-0.2, 0) is 4.79 Å². The minimum atomic E-state index is -0.343. The van der Waals surface area contributed by atoms with Crippen molar-refractivity contribution in [2.45, 2.75) is 13.8 Å². The van der Waals surface area contributed by atoms with Gasteiger partial charge < -0.3 is 9.15 Å². The zero-order chi connectivity index (χ0) is 15.2. The average Bonchev–Trinajstić information content (AvgIpc) is 2.90. The summed E-state index contributed by atoms with van der Waals surface area (Å²) in [6.07, 6.45) is 2.95. The van der Waals surface area contributed by atoms with Crippen molar-refractivity contribution >= 4 is 28.1 Å². The largest absolute Gasteiger partial charge is 0.482 e. The molecule has 1 aromatic carbocycles. The third-order valence-corrected chi connectivity index (χ3v) is 3.23. The van der Waals surface area contributed by atoms with Gasteiger partial charge in [0.15, 0.2) is 6.61 Å². The number of rotatable bonds is 5. The Hall–Kier alpha value is -2.08. The molecule has 0 aliphatic carbocycles. The van der Waals surface area contributed by atoms with Crippen molar-refractivity contribution in [3.8, 4) is 5.75 Å². The van der Waals surface area contributed by atoms with E-state index in [1.165, 1.54) is 12.5 Å². The van der Waals surface area contributed by atoms with Crippen LogP contribution in [0, 0.1) is 13.8 Å². The van der Waals surface area contributed by atoms with Crippen LogP contribution in [0.4, 0.5) is 0 Å². The third-order valence-electron chi connectivity index (χ3n) is 2.65. The lowest BCUT2D eigenvalue weighted by Crippen LogP contribution is -2.24. The Morgan fingerprint density at radius 3 is 2.95 bits per heavy atom. The summed E-state index contributed by atoms with van der Waals surface area (Å²) >= 11 is 3.43. The second-order valence-electron chi connectivity index (χ2n) is 4.49. The van der Waals surface area contributed by atoms with Gasteiger partial charge in [-0.25, -0.2) is 5.43 Å². The van der Waals surface area contributed by atoms with E-state index in [2.05, 4.69) is 26.5 Å². The van der Waals surface area contributed by atoms with Crippen LogP contribution < -0.4 is 10.2 Å². The zero-order valence-electron chi connectivity index (χ0n) is 11.7. The van der Waals surface area contributed by atoms with Gasteiger partial charge in [0.05, 0.1) is 17.0 Å². The van der Waals surface area contributed by atoms with Crippen LogP contribution in [0.1, 0.15) is 16.9 Å². The lowest BCUT2D eigenvalue weighted by atomic mass is 10.1. The van der Waals surface area contributed by atoms with Crippen molar-refractivity contribution in [2.75, 3.05) is 6.61 Å². The Labute approximate surface area is 131 Å². The van der Waals surface area contributed by atoms with Crippen LogP contribution in [-0.4, -0.2) is 18.7 Å². The fourth-order valence-corrected chi connectivity index (χ4v) is 2.58. The molecule has 1 heterocycles. The molecule has 0 fully saturated rings. The number of aryl methyl sites for hydroxylation is 2. The molecule has 1 amide bonds. The monoisotopic (exact) mass is 350 g/mol. The first-order valence-corrected chi connectivity index (χ1v) is 7.10. The van der Waals surface area contributed by atoms with Crippen molar-refractivity contribution in [1.29, 1.82) is 0 Å². The van der Waals surface area contributed by atoms with E-state index in [-0.39, 0.29) is 12.5 Å². The van der Waals surface area contributed by atoms with Gasteiger partial charge in [0.25, 0.3) is 5.91 Å². The van der Waals surface area contributed by atoms with Gasteiger partial charge in [0.2, 0.25) is 0 Å². The number of amides is 1. The maximum absolute atomic E-state index is 11.6. The van der Waals surface area contributed by atoms with Gasteiger partial charge in [-0.05, 0) is 59.1 Å². The first-order chi connectivity index (χ1) is 10.1. The van der Waals surface area contributed by atoms with E-state index in [0.29, 0.717) is 11.5 Å². The smallest absolute Gasteiger partial charge is 0.277 e. The van der Waals surface area contributed by atoms with Crippen LogP contribution >= 0.6 is 15.9 Å². The Bertz CT molecular complexity index is 628. The van der Waals surface area contributed by atoms with E-state index in [0.717, 1.165) is 15.6 Å². The number of furan rings is 1. The van der Waals surface area contributed by atoms with Gasteiger partial charge in [-0.15, -0.1) is 0 Å². The Balaban J connectivity index is 1.87. The number of hydrogen-bond acceptors (Lipinski definition) is 4. The summed E-state index contributed by atoms with van der Waals surface area (Å²) in [4.78, 5) is 11.6. The van der Waals surface area contributed by atoms with Gasteiger partial charge in [0.1, 0.15) is 11.5 Å². The Morgan fingerprint density at radius 2 is 2.29 bits per heavy atom. The first-order valence-electron chi connectivity index (χ1n) is 6.31. The molecule has 0 spiro atoms. The van der Waals surface area contributed by atoms with E-state index in [9.17, 15) is 4.79 Å². The highest BCUT2D eigenvalue weighted by Gasteiger charge is 2.08. The Kier molecular flexibility index (Phi) is 5.16. The minimum absolute atomic E-state index is 0.113. The lowest BCUT2D eigenvalue weighted by Gasteiger charge is -2.11. The molecule has 0 unspecified atom stereocenters. The first kappa shape index (κ1) is 15.3. The number of halogens is 1. The van der Waals surface area contributed by atoms with E-state index < -0.39 is 0 Å². The molecule has 2 aromatic rings. The van der Waals surface area contributed by atoms with Crippen molar-refractivity contribution in [3.05, 3.63) is 51.9 Å². The van der Waals surface area contributed by atoms with Gasteiger partial charge in [-0.3, -0.25) is 4.79 Å². The number of ether oxygens (including phenoxy) is 1. The van der Waals surface area contributed by atoms with E-state index in [4.69, 9.17) is 9.15 Å². The number of nitrogens with zero attached hydrogens (tertiary/aromatic N) is 1. The quantitative estimate of drug-likeness (QED) is 0.665. The van der Waals surface area contributed by atoms with Crippen molar-refractivity contribution in [1.82, 2.24) is 5.43 Å². The number of benzene rings is 1. The van der Waals surface area contributed by atoms with E-state index in [1.54, 1.807) is 12.1 Å². The van der Waals surface area contributed by atoms with E-state index >= 15 is 0 Å². The normalized spacial score (nSPS) is 10.8. The predicted molar refractivity (Wildman–Crippen MR) is 83.6 cm³/mol. The fourth-order valence-electron chi connectivity index (χ4n) is 1.79. The maximum Gasteiger partial charge on any atom is 0.277 e. The van der Waals surface area contributed by atoms with Crippen molar-refractivity contribution in [3.63, 3.8) is 0 Å². The van der Waals surface area contributed by atoms with Crippen LogP contribution in [0.15, 0.2) is 44.5 Å². The second-order valence-corrected chi connectivity index (χ2v) is 5.34. The van der Waals surface area contributed by atoms with Crippen LogP contribution in [0.2, 0.25) is 0 Å². The molecule has 0 atom stereocenters. The summed E-state index contributed by atoms with van der Waals surface area (Å²) in [5.41, 5.74) is 4.46. The molecular formula is C15H15BrN2O3. The van der Waals surface area contributed by atoms with Crippen LogP contribution in [0.3, 0.4) is 0 Å². The highest BCUT2D eigenvalue weighted by Crippen LogP contribution is 2.29. The molecular weight excluding hydrogens is 336 g/mol. The fraction of sp³-hybridized carbons (Fsp3) is 0.200. The molecule has 0 radical (unpaired) electrons. The Morgan fingerprint density at radius 1 is 1.48 bits per heavy atom. The SMILES string of the molecule is Cc1cc(C)c(OCC(=O)N/N=C\c2ccco2)c(Br)c1. The molecule has 1 aromatic heterocycles. The number of hydrazone groups is 1. The number of carbonyl (C=O) groups excluding carboxylic acids is 1. The number of hydrogen-bond donors (Lipinski definition) is 1. The van der Waals surface area contributed by atoms with Crippen molar-refractivity contribution in [2.24, 2.45) is 5.10 Å². The van der Waals surface area contributed by atoms with Crippen molar-refractivity contribution < 1.29 is 13.9 Å². The number of nitrogens with one attached hydrogen (secondary N) is 1. The summed E-state index contributed by atoms with van der Waals surface area (Å²) < 4.78 is 11.4. The zero-order valence-corrected chi connectivity index (χ0v) is 13.3. The minimum Gasteiger partial charge on any atom is -0.482 e. The summed E-state index contributed by atoms with van der Waals surface area (Å²) in [6, 6.07) is 7.41. The third kappa shape index (κ3) is 4.46.